The first kappa shape index (κ1) is 25.5. The quantitative estimate of drug-likeness (QED) is 0.471. The summed E-state index contributed by atoms with van der Waals surface area (Å²) in [5, 5.41) is 4.20. The number of nitrogens with one attached hydrogen (secondary N) is 1. The van der Waals surface area contributed by atoms with Crippen LogP contribution in [0, 0.1) is 0 Å². The van der Waals surface area contributed by atoms with Gasteiger partial charge in [-0.3, -0.25) is 0 Å². The Hall–Kier alpha value is -0.490. The molecule has 1 N–H and O–H groups in total. The summed E-state index contributed by atoms with van der Waals surface area (Å²) in [6.45, 7) is 3.51. The summed E-state index contributed by atoms with van der Waals surface area (Å²) in [5.41, 5.74) is 2.34. The molecule has 7 heteroatoms. The zero-order chi connectivity index (χ0) is 17.4. The highest BCUT2D eigenvalue weighted by Gasteiger charge is 2.04. The molecule has 0 fully saturated rings. The van der Waals surface area contributed by atoms with Crippen LogP contribution in [0.2, 0.25) is 5.02 Å². The van der Waals surface area contributed by atoms with Crippen molar-refractivity contribution >= 4 is 52.3 Å². The molecule has 146 valence electrons. The Morgan fingerprint density at radius 3 is 2.31 bits per heavy atom. The predicted octanol–water partition coefficient (Wildman–Crippen LogP) is 5.57. The number of rotatable bonds is 9. The number of nitrogens with zero attached hydrogens (tertiary/aromatic N) is 1. The second-order valence-corrected chi connectivity index (χ2v) is 7.30. The molecule has 0 aromatic heterocycles. The molecular weight excluding hydrogens is 458 g/mol. The molecule has 0 unspecified atom stereocenters. The molecule has 0 saturated carbocycles. The molecule has 2 aromatic carbocycles. The van der Waals surface area contributed by atoms with Gasteiger partial charge in [0.15, 0.2) is 0 Å². The van der Waals surface area contributed by atoms with E-state index < -0.39 is 0 Å². The van der Waals surface area contributed by atoms with Gasteiger partial charge in [-0.15, -0.1) is 24.8 Å². The maximum absolute atomic E-state index is 5.89. The molecule has 0 saturated heterocycles. The highest BCUT2D eigenvalue weighted by Crippen LogP contribution is 2.27. The second-order valence-electron chi connectivity index (χ2n) is 6.01. The number of benzene rings is 2. The second kappa shape index (κ2) is 13.6. The summed E-state index contributed by atoms with van der Waals surface area (Å²) < 4.78 is 6.85. The minimum Gasteiger partial charge on any atom is -0.488 e. The predicted molar refractivity (Wildman–Crippen MR) is 119 cm³/mol. The number of halogens is 4. The summed E-state index contributed by atoms with van der Waals surface area (Å²) in [4.78, 5) is 2.20. The van der Waals surface area contributed by atoms with Crippen molar-refractivity contribution in [1.82, 2.24) is 10.2 Å². The van der Waals surface area contributed by atoms with Gasteiger partial charge in [0, 0.05) is 11.6 Å². The van der Waals surface area contributed by atoms with Gasteiger partial charge in [-0.1, -0.05) is 29.8 Å². The lowest BCUT2D eigenvalue weighted by atomic mass is 10.2. The van der Waals surface area contributed by atoms with Crippen molar-refractivity contribution in [3.05, 3.63) is 63.1 Å². The third kappa shape index (κ3) is 9.45. The third-order valence-electron chi connectivity index (χ3n) is 3.59. The lowest BCUT2D eigenvalue weighted by molar-refractivity contribution is 0.304. The number of hydrogen-bond donors (Lipinski definition) is 1. The molecule has 0 aliphatic carbocycles. The van der Waals surface area contributed by atoms with E-state index in [1.54, 1.807) is 0 Å². The Morgan fingerprint density at radius 2 is 1.69 bits per heavy atom. The van der Waals surface area contributed by atoms with E-state index in [1.165, 1.54) is 5.56 Å². The lowest BCUT2D eigenvalue weighted by Crippen LogP contribution is -2.21. The van der Waals surface area contributed by atoms with Crippen LogP contribution in [-0.2, 0) is 13.2 Å². The monoisotopic (exact) mass is 482 g/mol. The summed E-state index contributed by atoms with van der Waals surface area (Å²) in [7, 11) is 4.19. The van der Waals surface area contributed by atoms with Gasteiger partial charge in [-0.25, -0.2) is 0 Å². The molecule has 2 aromatic rings. The van der Waals surface area contributed by atoms with Gasteiger partial charge in [0.25, 0.3) is 0 Å². The smallest absolute Gasteiger partial charge is 0.134 e. The van der Waals surface area contributed by atoms with Gasteiger partial charge < -0.3 is 15.0 Å². The normalized spacial score (nSPS) is 10.2. The van der Waals surface area contributed by atoms with Crippen LogP contribution in [-0.4, -0.2) is 32.1 Å². The summed E-state index contributed by atoms with van der Waals surface area (Å²) in [5.74, 6) is 0.848. The van der Waals surface area contributed by atoms with E-state index in [1.807, 2.05) is 30.3 Å². The van der Waals surface area contributed by atoms with E-state index in [0.717, 1.165) is 46.9 Å². The van der Waals surface area contributed by atoms with Gasteiger partial charge in [0.05, 0.1) is 4.47 Å². The van der Waals surface area contributed by atoms with E-state index in [9.17, 15) is 0 Å². The maximum atomic E-state index is 5.89. The van der Waals surface area contributed by atoms with Crippen LogP contribution in [0.4, 0.5) is 0 Å². The Morgan fingerprint density at radius 1 is 1.04 bits per heavy atom. The lowest BCUT2D eigenvalue weighted by Gasteiger charge is -2.12. The molecule has 0 heterocycles. The van der Waals surface area contributed by atoms with Crippen molar-refractivity contribution in [3.63, 3.8) is 0 Å². The largest absolute Gasteiger partial charge is 0.488 e. The van der Waals surface area contributed by atoms with Crippen LogP contribution in [0.5, 0.6) is 5.75 Å². The molecule has 0 bridgehead atoms. The summed E-state index contributed by atoms with van der Waals surface area (Å²) >= 11 is 9.49. The van der Waals surface area contributed by atoms with Crippen molar-refractivity contribution < 1.29 is 4.74 Å². The highest BCUT2D eigenvalue weighted by atomic mass is 79.9. The minimum atomic E-state index is 0. The SMILES string of the molecule is CN(C)CCCNCc1ccc(OCc2ccc(Cl)cc2)c(Br)c1.Cl.Cl. The standard InChI is InChI=1S/C19H24BrClN2O.2ClH/c1-23(2)11-3-10-22-13-16-6-9-19(18(20)12-16)24-14-15-4-7-17(21)8-5-15;;/h4-9,12,22H,3,10-11,13-14H2,1-2H3;2*1H. The molecule has 0 amide bonds. The van der Waals surface area contributed by atoms with Crippen molar-refractivity contribution in [2.24, 2.45) is 0 Å². The van der Waals surface area contributed by atoms with Crippen LogP contribution < -0.4 is 10.1 Å². The molecule has 0 aliphatic rings. The molecule has 0 aliphatic heterocycles. The first-order valence-electron chi connectivity index (χ1n) is 8.06. The Bertz CT molecular complexity index is 639. The van der Waals surface area contributed by atoms with Gasteiger partial charge >= 0.3 is 0 Å². The van der Waals surface area contributed by atoms with Crippen molar-refractivity contribution in [2.45, 2.75) is 19.6 Å². The maximum Gasteiger partial charge on any atom is 0.134 e. The average molecular weight is 485 g/mol. The fourth-order valence-electron chi connectivity index (χ4n) is 2.27. The van der Waals surface area contributed by atoms with Crippen molar-refractivity contribution in [2.75, 3.05) is 27.2 Å². The molecule has 0 atom stereocenters. The van der Waals surface area contributed by atoms with Crippen molar-refractivity contribution in [3.8, 4) is 5.75 Å². The molecule has 0 radical (unpaired) electrons. The van der Waals surface area contributed by atoms with Gasteiger partial charge in [-0.05, 0) is 84.9 Å². The average Bonchev–Trinajstić information content (AvgIpc) is 2.55. The van der Waals surface area contributed by atoms with E-state index in [2.05, 4.69) is 52.4 Å². The minimum absolute atomic E-state index is 0. The first-order chi connectivity index (χ1) is 11.5. The van der Waals surface area contributed by atoms with Crippen LogP contribution in [0.3, 0.4) is 0 Å². The van der Waals surface area contributed by atoms with Crippen LogP contribution in [0.25, 0.3) is 0 Å². The fraction of sp³-hybridized carbons (Fsp3) is 0.368. The topological polar surface area (TPSA) is 24.5 Å². The molecule has 2 rings (SSSR count). The molecule has 26 heavy (non-hydrogen) atoms. The number of ether oxygens (including phenoxy) is 1. The molecule has 0 spiro atoms. The van der Waals surface area contributed by atoms with E-state index in [0.29, 0.717) is 6.61 Å². The van der Waals surface area contributed by atoms with Crippen LogP contribution >= 0.6 is 52.3 Å². The van der Waals surface area contributed by atoms with Gasteiger partial charge in [0.1, 0.15) is 12.4 Å². The zero-order valence-electron chi connectivity index (χ0n) is 15.0. The molecule has 3 nitrogen and oxygen atoms in total. The van der Waals surface area contributed by atoms with E-state index >= 15 is 0 Å². The third-order valence-corrected chi connectivity index (χ3v) is 4.46. The van der Waals surface area contributed by atoms with Gasteiger partial charge in [0.2, 0.25) is 0 Å². The Balaban J connectivity index is 0.00000312. The van der Waals surface area contributed by atoms with E-state index in [-0.39, 0.29) is 24.8 Å². The van der Waals surface area contributed by atoms with Crippen LogP contribution in [0.15, 0.2) is 46.9 Å². The Kier molecular flexibility index (Phi) is 13.4. The first-order valence-corrected chi connectivity index (χ1v) is 9.23. The van der Waals surface area contributed by atoms with E-state index in [4.69, 9.17) is 16.3 Å². The molecular formula is C19H26BrCl3N2O. The number of hydrogen-bond acceptors (Lipinski definition) is 3. The Labute approximate surface area is 182 Å². The van der Waals surface area contributed by atoms with Crippen molar-refractivity contribution in [1.29, 1.82) is 0 Å². The fourth-order valence-corrected chi connectivity index (χ4v) is 2.93. The zero-order valence-corrected chi connectivity index (χ0v) is 19.0. The highest BCUT2D eigenvalue weighted by molar-refractivity contribution is 9.10. The van der Waals surface area contributed by atoms with Crippen LogP contribution in [0.1, 0.15) is 17.5 Å². The summed E-state index contributed by atoms with van der Waals surface area (Å²) in [6, 6.07) is 13.9. The van der Waals surface area contributed by atoms with Gasteiger partial charge in [-0.2, -0.15) is 0 Å². The summed E-state index contributed by atoms with van der Waals surface area (Å²) in [6.07, 6.45) is 1.15.